The molecule has 2 amide bonds. The van der Waals surface area contributed by atoms with Gasteiger partial charge in [0.05, 0.1) is 22.5 Å². The number of benzene rings is 1. The van der Waals surface area contributed by atoms with Gasteiger partial charge >= 0.3 is 6.09 Å². The van der Waals surface area contributed by atoms with Crippen LogP contribution in [0, 0.1) is 11.7 Å². The van der Waals surface area contributed by atoms with Crippen LogP contribution < -0.4 is 10.0 Å². The summed E-state index contributed by atoms with van der Waals surface area (Å²) in [6, 6.07) is 6.36. The number of carbonyl (C=O) groups is 3. The van der Waals surface area contributed by atoms with E-state index in [1.807, 2.05) is 0 Å². The van der Waals surface area contributed by atoms with Gasteiger partial charge in [-0.2, -0.15) is 0 Å². The van der Waals surface area contributed by atoms with Crippen LogP contribution in [-0.2, 0) is 29.9 Å². The second-order valence-electron chi connectivity index (χ2n) is 13.4. The highest BCUT2D eigenvalue weighted by Gasteiger charge is 2.44. The van der Waals surface area contributed by atoms with E-state index in [-0.39, 0.29) is 24.4 Å². The van der Waals surface area contributed by atoms with Crippen LogP contribution >= 0.6 is 0 Å². The molecule has 1 aliphatic carbocycles. The van der Waals surface area contributed by atoms with E-state index in [4.69, 9.17) is 4.74 Å². The van der Waals surface area contributed by atoms with Crippen molar-refractivity contribution in [2.24, 2.45) is 5.92 Å². The average molecular weight is 617 g/mol. The highest BCUT2D eigenvalue weighted by atomic mass is 32.2. The Bertz CT molecular complexity index is 1480. The summed E-state index contributed by atoms with van der Waals surface area (Å²) >= 11 is 0. The number of anilines is 1. The molecule has 1 saturated heterocycles. The molecule has 43 heavy (non-hydrogen) atoms. The maximum atomic E-state index is 15.3. The van der Waals surface area contributed by atoms with Gasteiger partial charge in [-0.1, -0.05) is 18.9 Å². The van der Waals surface area contributed by atoms with E-state index in [0.717, 1.165) is 24.2 Å². The van der Waals surface area contributed by atoms with E-state index in [1.165, 1.54) is 18.2 Å². The first kappa shape index (κ1) is 32.5. The van der Waals surface area contributed by atoms with E-state index in [9.17, 15) is 22.8 Å². The monoisotopic (exact) mass is 616 g/mol. The van der Waals surface area contributed by atoms with Crippen LogP contribution in [0.15, 0.2) is 42.7 Å². The maximum absolute atomic E-state index is 15.3. The molecule has 234 valence electrons. The molecule has 1 saturated carbocycles. The number of sulfonamides is 1. The summed E-state index contributed by atoms with van der Waals surface area (Å²) in [7, 11) is -3.92. The van der Waals surface area contributed by atoms with Crippen molar-refractivity contribution >= 4 is 33.5 Å². The summed E-state index contributed by atoms with van der Waals surface area (Å²) in [4.78, 5) is 43.6. The van der Waals surface area contributed by atoms with Crippen molar-refractivity contribution < 1.29 is 31.9 Å². The highest BCUT2D eigenvalue weighted by molar-refractivity contribution is 7.90. The zero-order chi connectivity index (χ0) is 31.8. The fourth-order valence-electron chi connectivity index (χ4n) is 5.01. The van der Waals surface area contributed by atoms with Gasteiger partial charge in [0.1, 0.15) is 17.5 Å². The molecule has 2 fully saturated rings. The van der Waals surface area contributed by atoms with Crippen molar-refractivity contribution in [3.63, 3.8) is 0 Å². The Morgan fingerprint density at radius 1 is 1.05 bits per heavy atom. The van der Waals surface area contributed by atoms with E-state index >= 15 is 4.39 Å². The third-order valence-electron chi connectivity index (χ3n) is 7.70. The first-order chi connectivity index (χ1) is 19.9. The Balaban J connectivity index is 1.74. The number of aromatic nitrogens is 1. The van der Waals surface area contributed by atoms with Crippen molar-refractivity contribution in [2.45, 2.75) is 95.6 Å². The Morgan fingerprint density at radius 3 is 2.28 bits per heavy atom. The Hall–Kier alpha value is -3.38. The lowest BCUT2D eigenvalue weighted by atomic mass is 9.79. The molecule has 2 aliphatic rings. The normalized spacial score (nSPS) is 19.2. The molecule has 1 aliphatic heterocycles. The minimum atomic E-state index is -3.92. The average Bonchev–Trinajstić information content (AvgIpc) is 3.65. The van der Waals surface area contributed by atoms with Crippen molar-refractivity contribution in [1.29, 1.82) is 0 Å². The number of amides is 2. The second-order valence-corrected chi connectivity index (χ2v) is 15.8. The Labute approximate surface area is 252 Å². The number of nitrogens with one attached hydrogen (secondary N) is 2. The van der Waals surface area contributed by atoms with Crippen molar-refractivity contribution in [3.8, 4) is 0 Å². The van der Waals surface area contributed by atoms with E-state index < -0.39 is 49.8 Å². The summed E-state index contributed by atoms with van der Waals surface area (Å²) in [6.45, 7) is 9.52. The number of rotatable bonds is 9. The molecule has 1 aromatic carbocycles. The second kappa shape index (κ2) is 12.0. The van der Waals surface area contributed by atoms with Crippen LogP contribution in [0.2, 0.25) is 0 Å². The van der Waals surface area contributed by atoms with Crippen LogP contribution in [0.1, 0.15) is 84.8 Å². The predicted molar refractivity (Wildman–Crippen MR) is 160 cm³/mol. The molecule has 10 nitrogen and oxygen atoms in total. The molecule has 2 heterocycles. The summed E-state index contributed by atoms with van der Waals surface area (Å²) in [5.41, 5.74) is -1.29. The quantitative estimate of drug-likeness (QED) is 0.410. The molecule has 0 bridgehead atoms. The summed E-state index contributed by atoms with van der Waals surface area (Å²) in [5.74, 6) is -1.38. The van der Waals surface area contributed by atoms with E-state index in [1.54, 1.807) is 66.1 Å². The SMILES string of the molecule is CC(C)(C)OC(=O)N1CC(=O)C[C@@H]1C(=O)Nc1cc(C(CCC2CC2)(NS(=O)(=O)C(C)(C)C)c2ccncc2)ccc1F. The number of carbonyl (C=O) groups excluding carboxylic acids is 3. The number of likely N-dealkylation sites (tertiary alicyclic amines) is 1. The molecule has 2 N–H and O–H groups in total. The zero-order valence-electron chi connectivity index (χ0n) is 25.6. The summed E-state index contributed by atoms with van der Waals surface area (Å²) in [5, 5.41) is 2.55. The zero-order valence-corrected chi connectivity index (χ0v) is 26.4. The Morgan fingerprint density at radius 2 is 1.70 bits per heavy atom. The van der Waals surface area contributed by atoms with Crippen molar-refractivity contribution in [1.82, 2.24) is 14.6 Å². The first-order valence-electron chi connectivity index (χ1n) is 14.5. The maximum Gasteiger partial charge on any atom is 0.411 e. The molecule has 2 aromatic rings. The molecule has 2 atom stereocenters. The first-order valence-corrected chi connectivity index (χ1v) is 16.0. The van der Waals surface area contributed by atoms with Gasteiger partial charge < -0.3 is 10.1 Å². The Kier molecular flexibility index (Phi) is 9.04. The fraction of sp³-hybridized carbons (Fsp3) is 0.548. The molecule has 0 radical (unpaired) electrons. The van der Waals surface area contributed by atoms with Crippen LogP contribution in [0.25, 0.3) is 0 Å². The van der Waals surface area contributed by atoms with Gasteiger partial charge in [-0.05, 0) is 95.7 Å². The number of halogens is 1. The fourth-order valence-corrected chi connectivity index (χ4v) is 6.11. The highest BCUT2D eigenvalue weighted by Crippen LogP contribution is 2.43. The molecular formula is C31H41FN4O6S. The lowest BCUT2D eigenvalue weighted by molar-refractivity contribution is -0.121. The minimum Gasteiger partial charge on any atom is -0.444 e. The molecule has 12 heteroatoms. The van der Waals surface area contributed by atoms with Gasteiger partial charge in [0.2, 0.25) is 15.9 Å². The summed E-state index contributed by atoms with van der Waals surface area (Å²) < 4.78 is 49.8. The van der Waals surface area contributed by atoms with Gasteiger partial charge in [-0.15, -0.1) is 0 Å². The van der Waals surface area contributed by atoms with Crippen molar-refractivity contribution in [3.05, 3.63) is 59.7 Å². The largest absolute Gasteiger partial charge is 0.444 e. The van der Waals surface area contributed by atoms with Crippen LogP contribution in [0.4, 0.5) is 14.9 Å². The van der Waals surface area contributed by atoms with Crippen molar-refractivity contribution in [2.75, 3.05) is 11.9 Å². The number of hydrogen-bond acceptors (Lipinski definition) is 7. The number of pyridine rings is 1. The van der Waals surface area contributed by atoms with Crippen LogP contribution in [0.5, 0.6) is 0 Å². The standard InChI is InChI=1S/C31H41FN4O6S/c1-29(2,3)42-28(39)36-19-23(37)18-26(36)27(38)34-25-17-22(9-10-24(25)32)31(14-11-20-7-8-20,21-12-15-33-16-13-21)35-43(40,41)30(4,5)6/h9-10,12-13,15-17,20,26,35H,7-8,11,14,18-19H2,1-6H3,(H,34,38)/t26-,31?/m1/s1. The third-order valence-corrected chi connectivity index (χ3v) is 9.93. The number of ether oxygens (including phenoxy) is 1. The third kappa shape index (κ3) is 7.59. The minimum absolute atomic E-state index is 0.203. The molecule has 0 spiro atoms. The molecule has 1 aromatic heterocycles. The lowest BCUT2D eigenvalue weighted by Crippen LogP contribution is -2.52. The van der Waals surface area contributed by atoms with Gasteiger partial charge in [-0.25, -0.2) is 22.3 Å². The van der Waals surface area contributed by atoms with Gasteiger partial charge in [0.25, 0.3) is 0 Å². The van der Waals surface area contributed by atoms with E-state index in [0.29, 0.717) is 23.5 Å². The number of Topliss-reactive ketones (excluding diaryl/α,β-unsaturated/α-hetero) is 1. The van der Waals surface area contributed by atoms with Crippen LogP contribution in [-0.4, -0.2) is 59.0 Å². The smallest absolute Gasteiger partial charge is 0.411 e. The number of nitrogens with zero attached hydrogens (tertiary/aromatic N) is 2. The topological polar surface area (TPSA) is 135 Å². The van der Waals surface area contributed by atoms with Gasteiger partial charge in [-0.3, -0.25) is 19.5 Å². The summed E-state index contributed by atoms with van der Waals surface area (Å²) in [6.07, 6.45) is 5.31. The van der Waals surface area contributed by atoms with E-state index in [2.05, 4.69) is 15.0 Å². The molecular weight excluding hydrogens is 575 g/mol. The number of hydrogen-bond donors (Lipinski definition) is 2. The van der Waals surface area contributed by atoms with Gasteiger partial charge in [0, 0.05) is 18.8 Å². The molecule has 1 unspecified atom stereocenters. The lowest BCUT2D eigenvalue weighted by Gasteiger charge is -2.38. The number of ketones is 1. The van der Waals surface area contributed by atoms with Gasteiger partial charge in [0.15, 0.2) is 5.78 Å². The predicted octanol–water partition coefficient (Wildman–Crippen LogP) is 4.89. The molecule has 4 rings (SSSR count). The van der Waals surface area contributed by atoms with Crippen LogP contribution in [0.3, 0.4) is 0 Å².